The van der Waals surface area contributed by atoms with Crippen LogP contribution in [-0.2, 0) is 6.54 Å². The lowest BCUT2D eigenvalue weighted by Gasteiger charge is -2.18. The molecule has 0 bridgehead atoms. The summed E-state index contributed by atoms with van der Waals surface area (Å²) in [6.45, 7) is 8.46. The Hall–Kier alpha value is -3.06. The number of aromatic nitrogens is 4. The maximum Gasteiger partial charge on any atom is 0.280 e. The Kier molecular flexibility index (Phi) is 5.15. The van der Waals surface area contributed by atoms with Crippen molar-refractivity contribution in [3.8, 4) is 0 Å². The van der Waals surface area contributed by atoms with E-state index in [2.05, 4.69) is 36.9 Å². The van der Waals surface area contributed by atoms with Gasteiger partial charge in [0.05, 0.1) is 22.5 Å². The molecule has 3 aromatic heterocycles. The molecule has 0 aliphatic rings. The van der Waals surface area contributed by atoms with Crippen molar-refractivity contribution in [2.45, 2.75) is 40.3 Å². The zero-order valence-corrected chi connectivity index (χ0v) is 17.8. The molecule has 0 spiro atoms. The molecule has 4 rings (SSSR count). The number of aryl methyl sites for hydroxylation is 2. The molecule has 0 unspecified atom stereocenters. The third-order valence-electron chi connectivity index (χ3n) is 4.69. The lowest BCUT2D eigenvalue weighted by atomic mass is 10.2. The molecule has 6 nitrogen and oxygen atoms in total. The fourth-order valence-electron chi connectivity index (χ4n) is 3.27. The maximum absolute atomic E-state index is 13.5. The molecule has 1 amide bonds. The van der Waals surface area contributed by atoms with Gasteiger partial charge in [-0.25, -0.2) is 4.98 Å². The monoisotopic (exact) mass is 405 g/mol. The van der Waals surface area contributed by atoms with E-state index in [1.807, 2.05) is 48.0 Å². The van der Waals surface area contributed by atoms with E-state index in [9.17, 15) is 4.79 Å². The highest BCUT2D eigenvalue weighted by molar-refractivity contribution is 7.22. The zero-order chi connectivity index (χ0) is 20.5. The summed E-state index contributed by atoms with van der Waals surface area (Å²) in [5.41, 5.74) is 4.24. The Morgan fingerprint density at radius 3 is 2.69 bits per heavy atom. The van der Waals surface area contributed by atoms with Crippen LogP contribution in [0.2, 0.25) is 0 Å². The summed E-state index contributed by atoms with van der Waals surface area (Å²) in [6.07, 6.45) is 1.73. The molecule has 1 aromatic carbocycles. The molecule has 0 aliphatic heterocycles. The second kappa shape index (κ2) is 7.75. The molecule has 0 radical (unpaired) electrons. The Bertz CT molecular complexity index is 1160. The predicted octanol–water partition coefficient (Wildman–Crippen LogP) is 4.93. The van der Waals surface area contributed by atoms with Crippen LogP contribution in [0.4, 0.5) is 5.13 Å². The van der Waals surface area contributed by atoms with Crippen molar-refractivity contribution in [2.75, 3.05) is 4.90 Å². The minimum absolute atomic E-state index is 0.172. The van der Waals surface area contributed by atoms with E-state index >= 15 is 0 Å². The Morgan fingerprint density at radius 1 is 1.17 bits per heavy atom. The summed E-state index contributed by atoms with van der Waals surface area (Å²) in [5, 5.41) is 5.20. The number of thiazole rings is 1. The lowest BCUT2D eigenvalue weighted by Crippen LogP contribution is -2.31. The first-order chi connectivity index (χ1) is 13.9. The molecule has 29 heavy (non-hydrogen) atoms. The number of carbonyl (C=O) groups is 1. The van der Waals surface area contributed by atoms with Crippen LogP contribution in [0.5, 0.6) is 0 Å². The minimum Gasteiger partial charge on any atom is -0.276 e. The number of hydrogen-bond donors (Lipinski definition) is 0. The van der Waals surface area contributed by atoms with Crippen molar-refractivity contribution in [1.29, 1.82) is 0 Å². The third-order valence-corrected chi connectivity index (χ3v) is 5.73. The molecule has 148 valence electrons. The Balaban J connectivity index is 1.76. The second-order valence-corrected chi connectivity index (χ2v) is 8.40. The van der Waals surface area contributed by atoms with Gasteiger partial charge in [0.1, 0.15) is 0 Å². The van der Waals surface area contributed by atoms with Crippen LogP contribution < -0.4 is 4.90 Å². The van der Waals surface area contributed by atoms with Crippen LogP contribution >= 0.6 is 11.3 Å². The van der Waals surface area contributed by atoms with Gasteiger partial charge in [-0.1, -0.05) is 23.5 Å². The quantitative estimate of drug-likeness (QED) is 0.472. The van der Waals surface area contributed by atoms with Gasteiger partial charge in [-0.3, -0.25) is 19.4 Å². The van der Waals surface area contributed by atoms with Crippen molar-refractivity contribution in [3.63, 3.8) is 0 Å². The lowest BCUT2D eigenvalue weighted by molar-refractivity contribution is 0.0979. The summed E-state index contributed by atoms with van der Waals surface area (Å²) in [7, 11) is 0. The molecule has 3 heterocycles. The van der Waals surface area contributed by atoms with Crippen LogP contribution in [0.3, 0.4) is 0 Å². The van der Waals surface area contributed by atoms with Crippen LogP contribution in [0.15, 0.2) is 48.7 Å². The number of benzene rings is 1. The average Bonchev–Trinajstić information content (AvgIpc) is 3.29. The van der Waals surface area contributed by atoms with E-state index < -0.39 is 0 Å². The second-order valence-electron chi connectivity index (χ2n) is 7.39. The highest BCUT2D eigenvalue weighted by atomic mass is 32.1. The van der Waals surface area contributed by atoms with Crippen LogP contribution in [0.1, 0.15) is 47.3 Å². The van der Waals surface area contributed by atoms with Gasteiger partial charge in [-0.05, 0) is 63.6 Å². The highest BCUT2D eigenvalue weighted by Gasteiger charge is 2.25. The summed E-state index contributed by atoms with van der Waals surface area (Å²) < 4.78 is 2.93. The molecule has 4 aromatic rings. The normalized spacial score (nSPS) is 11.3. The van der Waals surface area contributed by atoms with Crippen molar-refractivity contribution in [2.24, 2.45) is 0 Å². The SMILES string of the molecule is Cc1ccc2nc(N(Cc3ccccn3)C(=O)c3cc(C)n(C(C)C)n3)sc2c1. The van der Waals surface area contributed by atoms with Crippen LogP contribution in [0, 0.1) is 13.8 Å². The van der Waals surface area contributed by atoms with E-state index in [0.717, 1.165) is 21.6 Å². The van der Waals surface area contributed by atoms with Crippen LogP contribution in [0.25, 0.3) is 10.2 Å². The molecule has 7 heteroatoms. The molecule has 0 atom stereocenters. The van der Waals surface area contributed by atoms with Gasteiger partial charge in [0.15, 0.2) is 10.8 Å². The van der Waals surface area contributed by atoms with Gasteiger partial charge < -0.3 is 0 Å². The zero-order valence-electron chi connectivity index (χ0n) is 17.0. The average molecular weight is 406 g/mol. The van der Waals surface area contributed by atoms with E-state index in [4.69, 9.17) is 4.98 Å². The number of pyridine rings is 1. The molecule has 0 saturated carbocycles. The summed E-state index contributed by atoms with van der Waals surface area (Å²) in [5.74, 6) is -0.172. The van der Waals surface area contributed by atoms with Gasteiger partial charge in [-0.15, -0.1) is 0 Å². The summed E-state index contributed by atoms with van der Waals surface area (Å²) in [6, 6.07) is 13.8. The van der Waals surface area contributed by atoms with E-state index in [0.29, 0.717) is 17.4 Å². The Labute approximate surface area is 173 Å². The van der Waals surface area contributed by atoms with Gasteiger partial charge in [0, 0.05) is 17.9 Å². The number of anilines is 1. The number of fused-ring (bicyclic) bond motifs is 1. The van der Waals surface area contributed by atoms with E-state index in [1.54, 1.807) is 11.1 Å². The number of nitrogens with zero attached hydrogens (tertiary/aromatic N) is 5. The van der Waals surface area contributed by atoms with Crippen molar-refractivity contribution in [3.05, 3.63) is 71.3 Å². The van der Waals surface area contributed by atoms with Crippen molar-refractivity contribution >= 4 is 32.6 Å². The van der Waals surface area contributed by atoms with Crippen molar-refractivity contribution in [1.82, 2.24) is 19.7 Å². The van der Waals surface area contributed by atoms with Gasteiger partial charge in [0.25, 0.3) is 5.91 Å². The molecule has 0 fully saturated rings. The van der Waals surface area contributed by atoms with E-state index in [-0.39, 0.29) is 11.9 Å². The topological polar surface area (TPSA) is 63.9 Å². The van der Waals surface area contributed by atoms with Gasteiger partial charge >= 0.3 is 0 Å². The molecular weight excluding hydrogens is 382 g/mol. The maximum atomic E-state index is 13.5. The fraction of sp³-hybridized carbons (Fsp3) is 0.273. The predicted molar refractivity (Wildman–Crippen MR) is 116 cm³/mol. The van der Waals surface area contributed by atoms with Crippen molar-refractivity contribution < 1.29 is 4.79 Å². The number of carbonyl (C=O) groups excluding carboxylic acids is 1. The van der Waals surface area contributed by atoms with E-state index in [1.165, 1.54) is 16.9 Å². The fourth-order valence-corrected chi connectivity index (χ4v) is 4.33. The van der Waals surface area contributed by atoms with Gasteiger partial charge in [-0.2, -0.15) is 5.10 Å². The molecular formula is C22H23N5OS. The molecule has 0 N–H and O–H groups in total. The summed E-state index contributed by atoms with van der Waals surface area (Å²) in [4.78, 5) is 24.3. The Morgan fingerprint density at radius 2 is 2.00 bits per heavy atom. The number of amides is 1. The first kappa shape index (κ1) is 19.3. The minimum atomic E-state index is -0.172. The highest BCUT2D eigenvalue weighted by Crippen LogP contribution is 2.31. The number of hydrogen-bond acceptors (Lipinski definition) is 5. The smallest absolute Gasteiger partial charge is 0.276 e. The third kappa shape index (κ3) is 3.91. The van der Waals surface area contributed by atoms with Crippen LogP contribution in [-0.4, -0.2) is 25.7 Å². The largest absolute Gasteiger partial charge is 0.280 e. The molecule has 0 saturated heterocycles. The number of rotatable bonds is 5. The standard InChI is InChI=1S/C22H23N5OS/c1-14(2)27-16(4)12-19(25-27)21(28)26(13-17-7-5-6-10-23-17)22-24-18-9-8-15(3)11-20(18)29-22/h5-12,14H,13H2,1-4H3. The first-order valence-electron chi connectivity index (χ1n) is 9.57. The molecule has 0 aliphatic carbocycles. The summed E-state index contributed by atoms with van der Waals surface area (Å²) >= 11 is 1.51. The first-order valence-corrected chi connectivity index (χ1v) is 10.4. The van der Waals surface area contributed by atoms with Gasteiger partial charge in [0.2, 0.25) is 0 Å².